The van der Waals surface area contributed by atoms with Gasteiger partial charge in [-0.2, -0.15) is 0 Å². The highest BCUT2D eigenvalue weighted by molar-refractivity contribution is 5.97. The van der Waals surface area contributed by atoms with E-state index in [2.05, 4.69) is 29.1 Å². The van der Waals surface area contributed by atoms with Gasteiger partial charge in [-0.05, 0) is 36.2 Å². The Bertz CT molecular complexity index is 794. The van der Waals surface area contributed by atoms with E-state index in [1.807, 2.05) is 12.1 Å². The maximum absolute atomic E-state index is 12.1. The summed E-state index contributed by atoms with van der Waals surface area (Å²) in [7, 11) is 0. The number of hydrogen-bond donors (Lipinski definition) is 1. The molecule has 5 nitrogen and oxygen atoms in total. The molecule has 3 rings (SSSR count). The zero-order chi connectivity index (χ0) is 15.5. The minimum Gasteiger partial charge on any atom is -0.436 e. The molecule has 0 aliphatic rings. The van der Waals surface area contributed by atoms with Crippen LogP contribution in [0.25, 0.3) is 22.6 Å². The fraction of sp³-hybridized carbons (Fsp3) is 0.235. The third-order valence-corrected chi connectivity index (χ3v) is 3.23. The number of amides is 1. The summed E-state index contributed by atoms with van der Waals surface area (Å²) >= 11 is 0. The summed E-state index contributed by atoms with van der Waals surface area (Å²) in [6.45, 7) is 4.76. The van der Waals surface area contributed by atoms with Crippen molar-refractivity contribution < 1.29 is 9.21 Å². The predicted molar refractivity (Wildman–Crippen MR) is 84.4 cm³/mol. The fourth-order valence-electron chi connectivity index (χ4n) is 2.08. The molecular weight excluding hydrogens is 278 g/mol. The van der Waals surface area contributed by atoms with Crippen LogP contribution in [-0.4, -0.2) is 22.4 Å². The van der Waals surface area contributed by atoms with Crippen LogP contribution in [0.4, 0.5) is 0 Å². The molecule has 3 aromatic rings. The minimum absolute atomic E-state index is 0.102. The van der Waals surface area contributed by atoms with Gasteiger partial charge in [0.1, 0.15) is 5.52 Å². The monoisotopic (exact) mass is 295 g/mol. The Hall–Kier alpha value is -2.69. The zero-order valence-electron chi connectivity index (χ0n) is 12.5. The van der Waals surface area contributed by atoms with Crippen molar-refractivity contribution in [2.75, 3.05) is 6.54 Å². The van der Waals surface area contributed by atoms with Crippen LogP contribution in [0.2, 0.25) is 0 Å². The van der Waals surface area contributed by atoms with Gasteiger partial charge < -0.3 is 9.73 Å². The molecule has 5 heteroatoms. The molecule has 0 atom stereocenters. The van der Waals surface area contributed by atoms with Gasteiger partial charge in [-0.15, -0.1) is 0 Å². The SMILES string of the molecule is CC(C)CNC(=O)c1ccc2nc(-c3cccnc3)oc2c1. The third-order valence-electron chi connectivity index (χ3n) is 3.23. The van der Waals surface area contributed by atoms with Crippen molar-refractivity contribution in [3.63, 3.8) is 0 Å². The van der Waals surface area contributed by atoms with E-state index in [1.54, 1.807) is 30.6 Å². The lowest BCUT2D eigenvalue weighted by Gasteiger charge is -2.07. The lowest BCUT2D eigenvalue weighted by molar-refractivity contribution is 0.0949. The van der Waals surface area contributed by atoms with E-state index in [0.717, 1.165) is 11.1 Å². The average molecular weight is 295 g/mol. The van der Waals surface area contributed by atoms with Gasteiger partial charge in [0.15, 0.2) is 5.58 Å². The molecule has 0 fully saturated rings. The van der Waals surface area contributed by atoms with Crippen LogP contribution in [0.15, 0.2) is 47.1 Å². The summed E-state index contributed by atoms with van der Waals surface area (Å²) in [6.07, 6.45) is 3.39. The van der Waals surface area contributed by atoms with E-state index >= 15 is 0 Å². The largest absolute Gasteiger partial charge is 0.436 e. The molecular formula is C17H17N3O2. The molecule has 0 saturated carbocycles. The van der Waals surface area contributed by atoms with Crippen molar-refractivity contribution in [1.29, 1.82) is 0 Å². The first kappa shape index (κ1) is 14.3. The van der Waals surface area contributed by atoms with Gasteiger partial charge in [-0.3, -0.25) is 9.78 Å². The first-order valence-corrected chi connectivity index (χ1v) is 7.22. The number of hydrogen-bond acceptors (Lipinski definition) is 4. The smallest absolute Gasteiger partial charge is 0.251 e. The Morgan fingerprint density at radius 2 is 2.18 bits per heavy atom. The molecule has 112 valence electrons. The number of aromatic nitrogens is 2. The van der Waals surface area contributed by atoms with Crippen molar-refractivity contribution in [3.05, 3.63) is 48.3 Å². The molecule has 0 unspecified atom stereocenters. The number of carbonyl (C=O) groups is 1. The van der Waals surface area contributed by atoms with E-state index in [0.29, 0.717) is 29.5 Å². The first-order chi connectivity index (χ1) is 10.6. The van der Waals surface area contributed by atoms with Gasteiger partial charge in [0.2, 0.25) is 5.89 Å². The Kier molecular flexibility index (Phi) is 3.87. The third kappa shape index (κ3) is 2.98. The molecule has 0 aliphatic heterocycles. The molecule has 0 bridgehead atoms. The first-order valence-electron chi connectivity index (χ1n) is 7.22. The molecule has 0 saturated heterocycles. The topological polar surface area (TPSA) is 68.0 Å². The summed E-state index contributed by atoms with van der Waals surface area (Å²) < 4.78 is 5.74. The second-order valence-corrected chi connectivity index (χ2v) is 5.55. The van der Waals surface area contributed by atoms with Gasteiger partial charge in [-0.25, -0.2) is 4.98 Å². The quantitative estimate of drug-likeness (QED) is 0.802. The number of carbonyl (C=O) groups excluding carboxylic acids is 1. The molecule has 0 spiro atoms. The Balaban J connectivity index is 1.89. The lowest BCUT2D eigenvalue weighted by atomic mass is 10.1. The van der Waals surface area contributed by atoms with Crippen molar-refractivity contribution >= 4 is 17.0 Å². The lowest BCUT2D eigenvalue weighted by Crippen LogP contribution is -2.27. The number of pyridine rings is 1. The van der Waals surface area contributed by atoms with Crippen LogP contribution >= 0.6 is 0 Å². The highest BCUT2D eigenvalue weighted by Gasteiger charge is 2.12. The number of fused-ring (bicyclic) bond motifs is 1. The van der Waals surface area contributed by atoms with Crippen molar-refractivity contribution in [2.24, 2.45) is 5.92 Å². The van der Waals surface area contributed by atoms with Crippen molar-refractivity contribution in [1.82, 2.24) is 15.3 Å². The standard InChI is InChI=1S/C17H17N3O2/c1-11(2)9-19-16(21)12-5-6-14-15(8-12)22-17(20-14)13-4-3-7-18-10-13/h3-8,10-11H,9H2,1-2H3,(H,19,21). The summed E-state index contributed by atoms with van der Waals surface area (Å²) in [5.41, 5.74) is 2.70. The van der Waals surface area contributed by atoms with E-state index in [1.165, 1.54) is 0 Å². The van der Waals surface area contributed by atoms with Gasteiger partial charge in [0.25, 0.3) is 5.91 Å². The van der Waals surface area contributed by atoms with E-state index in [4.69, 9.17) is 4.42 Å². The van der Waals surface area contributed by atoms with E-state index in [-0.39, 0.29) is 5.91 Å². The molecule has 1 aromatic carbocycles. The van der Waals surface area contributed by atoms with Crippen LogP contribution in [0.3, 0.4) is 0 Å². The molecule has 0 radical (unpaired) electrons. The number of rotatable bonds is 4. The minimum atomic E-state index is -0.102. The van der Waals surface area contributed by atoms with Crippen LogP contribution in [0, 0.1) is 5.92 Å². The predicted octanol–water partition coefficient (Wildman–Crippen LogP) is 3.28. The van der Waals surface area contributed by atoms with Crippen LogP contribution in [0.5, 0.6) is 0 Å². The highest BCUT2D eigenvalue weighted by atomic mass is 16.3. The molecule has 2 aromatic heterocycles. The number of nitrogens with one attached hydrogen (secondary N) is 1. The molecule has 22 heavy (non-hydrogen) atoms. The van der Waals surface area contributed by atoms with E-state index in [9.17, 15) is 4.79 Å². The van der Waals surface area contributed by atoms with Crippen LogP contribution < -0.4 is 5.32 Å². The Morgan fingerprint density at radius 3 is 2.91 bits per heavy atom. The highest BCUT2D eigenvalue weighted by Crippen LogP contribution is 2.24. The summed E-state index contributed by atoms with van der Waals surface area (Å²) in [5.74, 6) is 0.813. The van der Waals surface area contributed by atoms with E-state index < -0.39 is 0 Å². The van der Waals surface area contributed by atoms with Gasteiger partial charge in [-0.1, -0.05) is 13.8 Å². The molecule has 1 amide bonds. The van der Waals surface area contributed by atoms with Crippen LogP contribution in [-0.2, 0) is 0 Å². The fourth-order valence-corrected chi connectivity index (χ4v) is 2.08. The molecule has 0 aliphatic carbocycles. The second-order valence-electron chi connectivity index (χ2n) is 5.55. The maximum atomic E-state index is 12.1. The summed E-state index contributed by atoms with van der Waals surface area (Å²) in [6, 6.07) is 8.98. The normalized spacial score (nSPS) is 11.0. The van der Waals surface area contributed by atoms with Crippen molar-refractivity contribution in [3.8, 4) is 11.5 Å². The van der Waals surface area contributed by atoms with Gasteiger partial charge in [0.05, 0.1) is 5.56 Å². The Labute approximate surface area is 128 Å². The number of nitrogens with zero attached hydrogens (tertiary/aromatic N) is 2. The summed E-state index contributed by atoms with van der Waals surface area (Å²) in [4.78, 5) is 20.6. The van der Waals surface area contributed by atoms with Gasteiger partial charge >= 0.3 is 0 Å². The Morgan fingerprint density at radius 1 is 1.32 bits per heavy atom. The average Bonchev–Trinajstić information content (AvgIpc) is 2.96. The molecule has 1 N–H and O–H groups in total. The zero-order valence-corrected chi connectivity index (χ0v) is 12.5. The van der Waals surface area contributed by atoms with Crippen LogP contribution in [0.1, 0.15) is 24.2 Å². The number of oxazole rings is 1. The second kappa shape index (κ2) is 5.97. The summed E-state index contributed by atoms with van der Waals surface area (Å²) in [5, 5.41) is 2.89. The maximum Gasteiger partial charge on any atom is 0.251 e. The van der Waals surface area contributed by atoms with Crippen molar-refractivity contribution in [2.45, 2.75) is 13.8 Å². The number of benzene rings is 1. The van der Waals surface area contributed by atoms with Gasteiger partial charge in [0, 0.05) is 24.5 Å². The molecule has 2 heterocycles.